The molecular weight excluding hydrogens is 374 g/mol. The van der Waals surface area contributed by atoms with Gasteiger partial charge in [-0.25, -0.2) is 9.48 Å². The lowest BCUT2D eigenvalue weighted by Gasteiger charge is -2.11. The third kappa shape index (κ3) is 3.93. The molecule has 3 aromatic rings. The number of nitrogens with zero attached hydrogens (tertiary/aromatic N) is 5. The van der Waals surface area contributed by atoms with E-state index in [2.05, 4.69) is 5.10 Å². The quantitative estimate of drug-likeness (QED) is 0.452. The zero-order chi connectivity index (χ0) is 21.0. The van der Waals surface area contributed by atoms with E-state index < -0.39 is 21.9 Å². The van der Waals surface area contributed by atoms with Gasteiger partial charge in [-0.1, -0.05) is 25.1 Å². The Kier molecular flexibility index (Phi) is 5.87. The van der Waals surface area contributed by atoms with Crippen molar-refractivity contribution in [1.82, 2.24) is 18.9 Å². The first-order chi connectivity index (χ1) is 14.0. The normalized spacial score (nSPS) is 11.2. The van der Waals surface area contributed by atoms with Crippen molar-refractivity contribution < 1.29 is 4.92 Å². The van der Waals surface area contributed by atoms with Crippen LogP contribution in [0.2, 0.25) is 0 Å². The van der Waals surface area contributed by atoms with Gasteiger partial charge in [0, 0.05) is 24.8 Å². The van der Waals surface area contributed by atoms with Crippen molar-refractivity contribution in [3.63, 3.8) is 0 Å². The maximum atomic E-state index is 12.7. The number of para-hydroxylation sites is 1. The molecule has 0 radical (unpaired) electrons. The van der Waals surface area contributed by atoms with Crippen LogP contribution in [0.15, 0.2) is 52.3 Å². The molecule has 0 unspecified atom stereocenters. The predicted molar refractivity (Wildman–Crippen MR) is 110 cm³/mol. The van der Waals surface area contributed by atoms with Crippen LogP contribution in [0, 0.1) is 10.1 Å². The van der Waals surface area contributed by atoms with Crippen molar-refractivity contribution in [2.24, 2.45) is 0 Å². The highest BCUT2D eigenvalue weighted by Crippen LogP contribution is 2.16. The van der Waals surface area contributed by atoms with Gasteiger partial charge in [-0.3, -0.25) is 24.0 Å². The number of rotatable bonds is 7. The Labute approximate surface area is 166 Å². The van der Waals surface area contributed by atoms with Crippen LogP contribution in [0.25, 0.3) is 17.8 Å². The number of hydrogen-bond acceptors (Lipinski definition) is 5. The zero-order valence-electron chi connectivity index (χ0n) is 16.2. The van der Waals surface area contributed by atoms with E-state index in [1.165, 1.54) is 10.6 Å². The molecule has 0 atom stereocenters. The molecule has 0 saturated carbocycles. The first kappa shape index (κ1) is 20.0. The Balaban J connectivity index is 2.09. The minimum Gasteiger partial charge on any atom is -0.288 e. The molecule has 0 spiro atoms. The highest BCUT2D eigenvalue weighted by atomic mass is 16.6. The SMILES string of the molecule is CCCn1c(=O)c([N+](=O)[O-])c(C=Cc2cnn(-c3ccccc3)c2)n(CC)c1=O. The molecule has 0 aliphatic heterocycles. The number of nitro groups is 1. The second kappa shape index (κ2) is 8.51. The largest absolute Gasteiger partial charge is 0.357 e. The fourth-order valence-corrected chi connectivity index (χ4v) is 3.09. The van der Waals surface area contributed by atoms with Gasteiger partial charge in [-0.15, -0.1) is 0 Å². The molecule has 1 aromatic carbocycles. The number of benzene rings is 1. The van der Waals surface area contributed by atoms with E-state index in [0.29, 0.717) is 12.0 Å². The van der Waals surface area contributed by atoms with Gasteiger partial charge < -0.3 is 0 Å². The molecule has 2 heterocycles. The van der Waals surface area contributed by atoms with Crippen molar-refractivity contribution in [3.05, 3.63) is 84.9 Å². The first-order valence-corrected chi connectivity index (χ1v) is 9.28. The number of aromatic nitrogens is 4. The lowest BCUT2D eigenvalue weighted by Crippen LogP contribution is -2.41. The summed E-state index contributed by atoms with van der Waals surface area (Å²) in [4.78, 5) is 36.1. The fraction of sp³-hybridized carbons (Fsp3) is 0.250. The molecule has 0 amide bonds. The van der Waals surface area contributed by atoms with E-state index >= 15 is 0 Å². The molecule has 9 nitrogen and oxygen atoms in total. The second-order valence-corrected chi connectivity index (χ2v) is 6.36. The van der Waals surface area contributed by atoms with Gasteiger partial charge in [-0.2, -0.15) is 5.10 Å². The summed E-state index contributed by atoms with van der Waals surface area (Å²) in [5.41, 5.74) is -0.517. The molecule has 2 aromatic heterocycles. The predicted octanol–water partition coefficient (Wildman–Crippen LogP) is 2.70. The molecule has 0 saturated heterocycles. The Morgan fingerprint density at radius 3 is 2.45 bits per heavy atom. The first-order valence-electron chi connectivity index (χ1n) is 9.28. The molecule has 0 fully saturated rings. The van der Waals surface area contributed by atoms with Gasteiger partial charge in [0.1, 0.15) is 5.69 Å². The number of hydrogen-bond donors (Lipinski definition) is 0. The van der Waals surface area contributed by atoms with Crippen LogP contribution in [-0.4, -0.2) is 23.8 Å². The van der Waals surface area contributed by atoms with Crippen LogP contribution in [0.5, 0.6) is 0 Å². The summed E-state index contributed by atoms with van der Waals surface area (Å²) in [7, 11) is 0. The maximum Gasteiger partial charge on any atom is 0.357 e. The van der Waals surface area contributed by atoms with Gasteiger partial charge in [0.2, 0.25) is 0 Å². The third-order valence-electron chi connectivity index (χ3n) is 4.45. The van der Waals surface area contributed by atoms with E-state index in [1.54, 1.807) is 37.0 Å². The highest BCUT2D eigenvalue weighted by Gasteiger charge is 2.25. The van der Waals surface area contributed by atoms with Gasteiger partial charge in [0.05, 0.1) is 16.8 Å². The van der Waals surface area contributed by atoms with Crippen molar-refractivity contribution in [3.8, 4) is 5.69 Å². The maximum absolute atomic E-state index is 12.7. The van der Waals surface area contributed by atoms with Crippen molar-refractivity contribution >= 4 is 17.8 Å². The Hall–Kier alpha value is -3.75. The lowest BCUT2D eigenvalue weighted by molar-refractivity contribution is -0.387. The molecule has 9 heteroatoms. The summed E-state index contributed by atoms with van der Waals surface area (Å²) in [6.07, 6.45) is 6.90. The van der Waals surface area contributed by atoms with Crippen LogP contribution < -0.4 is 11.2 Å². The van der Waals surface area contributed by atoms with E-state index in [1.807, 2.05) is 30.3 Å². The summed E-state index contributed by atoms with van der Waals surface area (Å²) in [5.74, 6) is 0. The molecule has 0 N–H and O–H groups in total. The zero-order valence-corrected chi connectivity index (χ0v) is 16.2. The molecule has 150 valence electrons. The van der Waals surface area contributed by atoms with Gasteiger partial charge in [0.25, 0.3) is 0 Å². The summed E-state index contributed by atoms with van der Waals surface area (Å²) in [5, 5.41) is 15.9. The molecule has 0 aliphatic carbocycles. The van der Waals surface area contributed by atoms with Crippen LogP contribution >= 0.6 is 0 Å². The van der Waals surface area contributed by atoms with Crippen LogP contribution in [0.3, 0.4) is 0 Å². The topological polar surface area (TPSA) is 105 Å². The van der Waals surface area contributed by atoms with Gasteiger partial charge in [0.15, 0.2) is 0 Å². The standard InChI is InChI=1S/C20H21N5O4/c1-3-12-23-19(26)18(25(28)29)17(22(4-2)20(23)27)11-10-15-13-21-24(14-15)16-8-6-5-7-9-16/h5-11,13-14H,3-4,12H2,1-2H3. The van der Waals surface area contributed by atoms with Crippen molar-refractivity contribution in [2.75, 3.05) is 0 Å². The van der Waals surface area contributed by atoms with Crippen LogP contribution in [-0.2, 0) is 13.1 Å². The fourth-order valence-electron chi connectivity index (χ4n) is 3.09. The van der Waals surface area contributed by atoms with Crippen molar-refractivity contribution in [1.29, 1.82) is 0 Å². The highest BCUT2D eigenvalue weighted by molar-refractivity contribution is 5.71. The summed E-state index contributed by atoms with van der Waals surface area (Å²) < 4.78 is 3.83. The summed E-state index contributed by atoms with van der Waals surface area (Å²) in [6, 6.07) is 9.47. The van der Waals surface area contributed by atoms with E-state index in [9.17, 15) is 19.7 Å². The molecular formula is C20H21N5O4. The second-order valence-electron chi connectivity index (χ2n) is 6.36. The molecule has 29 heavy (non-hydrogen) atoms. The van der Waals surface area contributed by atoms with Crippen LogP contribution in [0.1, 0.15) is 31.5 Å². The average Bonchev–Trinajstić information content (AvgIpc) is 3.19. The summed E-state index contributed by atoms with van der Waals surface area (Å²) >= 11 is 0. The van der Waals surface area contributed by atoms with E-state index in [4.69, 9.17) is 0 Å². The molecule has 0 aliphatic rings. The van der Waals surface area contributed by atoms with Gasteiger partial charge >= 0.3 is 16.9 Å². The monoisotopic (exact) mass is 395 g/mol. The Morgan fingerprint density at radius 2 is 1.83 bits per heavy atom. The van der Waals surface area contributed by atoms with Crippen molar-refractivity contribution in [2.45, 2.75) is 33.4 Å². The molecule has 0 bridgehead atoms. The van der Waals surface area contributed by atoms with E-state index in [0.717, 1.165) is 10.3 Å². The van der Waals surface area contributed by atoms with Crippen LogP contribution in [0.4, 0.5) is 5.69 Å². The smallest absolute Gasteiger partial charge is 0.288 e. The Morgan fingerprint density at radius 1 is 1.10 bits per heavy atom. The summed E-state index contributed by atoms with van der Waals surface area (Å²) in [6.45, 7) is 3.84. The average molecular weight is 395 g/mol. The third-order valence-corrected chi connectivity index (χ3v) is 4.45. The minimum atomic E-state index is -0.883. The molecule has 3 rings (SSSR count). The minimum absolute atomic E-state index is 0.0210. The Bertz CT molecular complexity index is 1170. The lowest BCUT2D eigenvalue weighted by atomic mass is 10.2. The van der Waals surface area contributed by atoms with E-state index in [-0.39, 0.29) is 18.8 Å². The van der Waals surface area contributed by atoms with Gasteiger partial charge in [-0.05, 0) is 37.6 Å².